The fourth-order valence-corrected chi connectivity index (χ4v) is 3.80. The number of carbonyl (C=O) groups excluding carboxylic acids is 2. The highest BCUT2D eigenvalue weighted by Crippen LogP contribution is 2.43. The minimum absolute atomic E-state index is 0.112. The predicted molar refractivity (Wildman–Crippen MR) is 108 cm³/mol. The van der Waals surface area contributed by atoms with Crippen molar-refractivity contribution in [2.45, 2.75) is 31.9 Å². The minimum Gasteiger partial charge on any atom is -0.375 e. The molecule has 0 fully saturated rings. The Balaban J connectivity index is 1.63. The van der Waals surface area contributed by atoms with Crippen molar-refractivity contribution in [3.63, 3.8) is 0 Å². The maximum absolute atomic E-state index is 13.0. The third-order valence-electron chi connectivity index (χ3n) is 5.21. The molecule has 4 rings (SSSR count). The Labute approximate surface area is 163 Å². The first-order valence-corrected chi connectivity index (χ1v) is 9.34. The van der Waals surface area contributed by atoms with Gasteiger partial charge >= 0.3 is 0 Å². The maximum atomic E-state index is 13.0. The number of carbonyl (C=O) groups is 2. The maximum Gasteiger partial charge on any atom is 0.264 e. The van der Waals surface area contributed by atoms with E-state index in [-0.39, 0.29) is 18.2 Å². The van der Waals surface area contributed by atoms with Crippen LogP contribution in [0, 0.1) is 0 Å². The SMILES string of the molecule is CC(C)N1C(=O)[C@@](O)(CC(=O)c2ccc(-n3cccc3)cc2)c2ccccc21. The molecule has 142 valence electrons. The molecule has 2 aromatic carbocycles. The van der Waals surface area contributed by atoms with Crippen LogP contribution >= 0.6 is 0 Å². The lowest BCUT2D eigenvalue weighted by Gasteiger charge is -2.25. The molecule has 0 bridgehead atoms. The number of fused-ring (bicyclic) bond motifs is 1. The Hall–Kier alpha value is -3.18. The van der Waals surface area contributed by atoms with Gasteiger partial charge in [-0.05, 0) is 56.3 Å². The van der Waals surface area contributed by atoms with Crippen molar-refractivity contribution in [2.75, 3.05) is 4.90 Å². The summed E-state index contributed by atoms with van der Waals surface area (Å²) in [6.45, 7) is 3.78. The number of amides is 1. The van der Waals surface area contributed by atoms with E-state index in [1.165, 1.54) is 0 Å². The van der Waals surface area contributed by atoms with Gasteiger partial charge in [0.05, 0.1) is 12.1 Å². The molecule has 5 heteroatoms. The number of aromatic nitrogens is 1. The van der Waals surface area contributed by atoms with Crippen molar-refractivity contribution < 1.29 is 14.7 Å². The molecule has 1 N–H and O–H groups in total. The predicted octanol–water partition coefficient (Wildman–Crippen LogP) is 3.69. The summed E-state index contributed by atoms with van der Waals surface area (Å²) < 4.78 is 1.94. The van der Waals surface area contributed by atoms with Gasteiger partial charge in [-0.3, -0.25) is 9.59 Å². The van der Waals surface area contributed by atoms with E-state index in [0.29, 0.717) is 16.8 Å². The van der Waals surface area contributed by atoms with Crippen LogP contribution in [0.15, 0.2) is 73.1 Å². The molecule has 1 aromatic heterocycles. The van der Waals surface area contributed by atoms with E-state index >= 15 is 0 Å². The van der Waals surface area contributed by atoms with Gasteiger partial charge in [-0.15, -0.1) is 0 Å². The highest BCUT2D eigenvalue weighted by Gasteiger charge is 2.51. The quantitative estimate of drug-likeness (QED) is 0.693. The van der Waals surface area contributed by atoms with E-state index in [4.69, 9.17) is 0 Å². The second-order valence-corrected chi connectivity index (χ2v) is 7.38. The lowest BCUT2D eigenvalue weighted by molar-refractivity contribution is -0.136. The lowest BCUT2D eigenvalue weighted by Crippen LogP contribution is -2.44. The topological polar surface area (TPSA) is 62.5 Å². The van der Waals surface area contributed by atoms with Crippen LogP contribution in [0.3, 0.4) is 0 Å². The number of ketones is 1. The summed E-state index contributed by atoms with van der Waals surface area (Å²) in [6.07, 6.45) is 3.57. The number of hydrogen-bond acceptors (Lipinski definition) is 3. The molecular formula is C23H22N2O3. The highest BCUT2D eigenvalue weighted by atomic mass is 16.3. The van der Waals surface area contributed by atoms with Crippen LogP contribution in [0.5, 0.6) is 0 Å². The lowest BCUT2D eigenvalue weighted by atomic mass is 9.88. The number of benzene rings is 2. The molecule has 3 aromatic rings. The average molecular weight is 374 g/mol. The smallest absolute Gasteiger partial charge is 0.264 e. The zero-order chi connectivity index (χ0) is 19.9. The number of hydrogen-bond donors (Lipinski definition) is 1. The Bertz CT molecular complexity index is 1020. The molecule has 0 aliphatic carbocycles. The largest absolute Gasteiger partial charge is 0.375 e. The molecule has 1 aliphatic rings. The first-order chi connectivity index (χ1) is 13.4. The Morgan fingerprint density at radius 1 is 1.00 bits per heavy atom. The van der Waals surface area contributed by atoms with Crippen LogP contribution in [0.25, 0.3) is 5.69 Å². The van der Waals surface area contributed by atoms with Crippen LogP contribution in [0.1, 0.15) is 36.2 Å². The van der Waals surface area contributed by atoms with Crippen molar-refractivity contribution in [1.82, 2.24) is 4.57 Å². The summed E-state index contributed by atoms with van der Waals surface area (Å²) in [5, 5.41) is 11.3. The van der Waals surface area contributed by atoms with E-state index in [1.54, 1.807) is 29.2 Å². The highest BCUT2D eigenvalue weighted by molar-refractivity contribution is 6.11. The van der Waals surface area contributed by atoms with Crippen LogP contribution in [-0.2, 0) is 10.4 Å². The van der Waals surface area contributed by atoms with Gasteiger partial charge in [-0.1, -0.05) is 18.2 Å². The van der Waals surface area contributed by atoms with E-state index in [1.807, 2.05) is 67.2 Å². The van der Waals surface area contributed by atoms with Gasteiger partial charge in [0.15, 0.2) is 11.4 Å². The molecular weight excluding hydrogens is 352 g/mol. The molecule has 2 heterocycles. The van der Waals surface area contributed by atoms with Crippen LogP contribution in [-0.4, -0.2) is 27.4 Å². The number of para-hydroxylation sites is 1. The second kappa shape index (κ2) is 6.77. The molecule has 5 nitrogen and oxygen atoms in total. The van der Waals surface area contributed by atoms with Gasteiger partial charge in [-0.25, -0.2) is 0 Å². The molecule has 28 heavy (non-hydrogen) atoms. The summed E-state index contributed by atoms with van der Waals surface area (Å²) in [4.78, 5) is 27.5. The van der Waals surface area contributed by atoms with Crippen molar-refractivity contribution in [1.29, 1.82) is 0 Å². The molecule has 1 amide bonds. The van der Waals surface area contributed by atoms with Gasteiger partial charge < -0.3 is 14.6 Å². The van der Waals surface area contributed by atoms with Gasteiger partial charge in [-0.2, -0.15) is 0 Å². The van der Waals surface area contributed by atoms with Crippen molar-refractivity contribution in [3.05, 3.63) is 84.2 Å². The first-order valence-electron chi connectivity index (χ1n) is 9.34. The van der Waals surface area contributed by atoms with Crippen LogP contribution in [0.2, 0.25) is 0 Å². The molecule has 1 aliphatic heterocycles. The third-order valence-corrected chi connectivity index (χ3v) is 5.21. The number of Topliss-reactive ketones (excluding diaryl/α,β-unsaturated/α-hetero) is 1. The molecule has 0 unspecified atom stereocenters. The number of aliphatic hydroxyl groups is 1. The van der Waals surface area contributed by atoms with E-state index in [2.05, 4.69) is 0 Å². The third kappa shape index (κ3) is 2.84. The van der Waals surface area contributed by atoms with Gasteiger partial charge in [0, 0.05) is 35.2 Å². The first kappa shape index (κ1) is 18.2. The number of rotatable bonds is 5. The molecule has 0 radical (unpaired) electrons. The van der Waals surface area contributed by atoms with E-state index < -0.39 is 11.5 Å². The Morgan fingerprint density at radius 2 is 1.64 bits per heavy atom. The summed E-state index contributed by atoms with van der Waals surface area (Å²) in [5.74, 6) is -0.712. The average Bonchev–Trinajstić information content (AvgIpc) is 3.29. The monoisotopic (exact) mass is 374 g/mol. The fourth-order valence-electron chi connectivity index (χ4n) is 3.80. The molecule has 0 spiro atoms. The molecule has 1 atom stereocenters. The summed E-state index contributed by atoms with van der Waals surface area (Å²) in [7, 11) is 0. The van der Waals surface area contributed by atoms with Crippen molar-refractivity contribution in [3.8, 4) is 5.69 Å². The number of anilines is 1. The second-order valence-electron chi connectivity index (χ2n) is 7.38. The summed E-state index contributed by atoms with van der Waals surface area (Å²) in [6, 6.07) is 18.0. The normalized spacial score (nSPS) is 18.6. The summed E-state index contributed by atoms with van der Waals surface area (Å²) in [5.41, 5.74) is 0.731. The zero-order valence-electron chi connectivity index (χ0n) is 15.9. The van der Waals surface area contributed by atoms with E-state index in [9.17, 15) is 14.7 Å². The zero-order valence-corrected chi connectivity index (χ0v) is 15.9. The summed E-state index contributed by atoms with van der Waals surface area (Å²) >= 11 is 0. The van der Waals surface area contributed by atoms with Crippen LogP contribution in [0.4, 0.5) is 5.69 Å². The van der Waals surface area contributed by atoms with Crippen molar-refractivity contribution in [2.24, 2.45) is 0 Å². The fraction of sp³-hybridized carbons (Fsp3) is 0.217. The minimum atomic E-state index is -1.84. The van der Waals surface area contributed by atoms with Gasteiger partial charge in [0.2, 0.25) is 0 Å². The van der Waals surface area contributed by atoms with E-state index in [0.717, 1.165) is 5.69 Å². The van der Waals surface area contributed by atoms with Gasteiger partial charge in [0.25, 0.3) is 5.91 Å². The number of nitrogens with zero attached hydrogens (tertiary/aromatic N) is 2. The van der Waals surface area contributed by atoms with Gasteiger partial charge in [0.1, 0.15) is 0 Å². The standard InChI is InChI=1S/C23H22N2O3/c1-16(2)25-20-8-4-3-7-19(20)23(28,22(25)27)15-21(26)17-9-11-18(12-10-17)24-13-5-6-14-24/h3-14,16,28H,15H2,1-2H3/t23-/m1/s1. The van der Waals surface area contributed by atoms with Crippen LogP contribution < -0.4 is 4.90 Å². The molecule has 0 saturated heterocycles. The van der Waals surface area contributed by atoms with Crippen molar-refractivity contribution >= 4 is 17.4 Å². The Kier molecular flexibility index (Phi) is 4.40. The Morgan fingerprint density at radius 3 is 2.29 bits per heavy atom. The molecule has 0 saturated carbocycles.